The zero-order valence-electron chi connectivity index (χ0n) is 10.4. The van der Waals surface area contributed by atoms with E-state index in [1.165, 1.54) is 7.11 Å². The third-order valence-electron chi connectivity index (χ3n) is 3.36. The molecule has 2 rings (SSSR count). The number of nitrogens with one attached hydrogen (secondary N) is 1. The van der Waals surface area contributed by atoms with Gasteiger partial charge in [-0.1, -0.05) is 6.07 Å². The molecule has 0 aromatic heterocycles. The molecule has 17 heavy (non-hydrogen) atoms. The Kier molecular flexibility index (Phi) is 3.97. The molecule has 94 valence electrons. The van der Waals surface area contributed by atoms with Gasteiger partial charge in [-0.15, -0.1) is 0 Å². The Bertz CT molecular complexity index is 378. The number of ether oxygens (including phenoxy) is 1. The van der Waals surface area contributed by atoms with Crippen LogP contribution < -0.4 is 10.1 Å². The summed E-state index contributed by atoms with van der Waals surface area (Å²) < 4.78 is 18.5. The highest BCUT2D eigenvalue weighted by molar-refractivity contribution is 5.30. The Morgan fingerprint density at radius 2 is 2.06 bits per heavy atom. The Labute approximate surface area is 102 Å². The first-order chi connectivity index (χ1) is 8.22. The molecular formula is C13H19FN2O. The molecule has 1 aliphatic rings. The SMILES string of the molecule is COc1ccc(C(C)N2CCNCC2)cc1F. The molecule has 1 heterocycles. The van der Waals surface area contributed by atoms with Crippen LogP contribution in [0.25, 0.3) is 0 Å². The minimum atomic E-state index is -0.285. The molecule has 1 aromatic carbocycles. The van der Waals surface area contributed by atoms with E-state index in [0.29, 0.717) is 5.75 Å². The second-order valence-corrected chi connectivity index (χ2v) is 4.36. The largest absolute Gasteiger partial charge is 0.494 e. The Hall–Kier alpha value is -1.13. The maximum atomic E-state index is 13.6. The van der Waals surface area contributed by atoms with Crippen LogP contribution in [0.3, 0.4) is 0 Å². The summed E-state index contributed by atoms with van der Waals surface area (Å²) in [5, 5.41) is 3.31. The molecule has 0 aliphatic carbocycles. The van der Waals surface area contributed by atoms with Crippen molar-refractivity contribution in [3.05, 3.63) is 29.6 Å². The first-order valence-corrected chi connectivity index (χ1v) is 6.00. The summed E-state index contributed by atoms with van der Waals surface area (Å²) in [4.78, 5) is 2.36. The minimum Gasteiger partial charge on any atom is -0.494 e. The molecule has 1 aliphatic heterocycles. The van der Waals surface area contributed by atoms with Crippen molar-refractivity contribution in [2.24, 2.45) is 0 Å². The molecule has 0 radical (unpaired) electrons. The van der Waals surface area contributed by atoms with Gasteiger partial charge in [0.2, 0.25) is 0 Å². The first kappa shape index (κ1) is 12.3. The molecule has 0 spiro atoms. The van der Waals surface area contributed by atoms with Gasteiger partial charge < -0.3 is 10.1 Å². The summed E-state index contributed by atoms with van der Waals surface area (Å²) in [6, 6.07) is 5.46. The molecule has 1 atom stereocenters. The molecule has 1 saturated heterocycles. The third-order valence-corrected chi connectivity index (χ3v) is 3.36. The van der Waals surface area contributed by atoms with Crippen LogP contribution in [0.15, 0.2) is 18.2 Å². The summed E-state index contributed by atoms with van der Waals surface area (Å²) in [7, 11) is 1.48. The van der Waals surface area contributed by atoms with Crippen LogP contribution in [0, 0.1) is 5.82 Å². The topological polar surface area (TPSA) is 24.5 Å². The highest BCUT2D eigenvalue weighted by Crippen LogP contribution is 2.25. The van der Waals surface area contributed by atoms with E-state index in [-0.39, 0.29) is 11.9 Å². The van der Waals surface area contributed by atoms with Crippen LogP contribution in [0.5, 0.6) is 5.75 Å². The normalized spacial score (nSPS) is 19.0. The monoisotopic (exact) mass is 238 g/mol. The number of piperazine rings is 1. The van der Waals surface area contributed by atoms with E-state index in [2.05, 4.69) is 17.1 Å². The van der Waals surface area contributed by atoms with Crippen LogP contribution in [0.1, 0.15) is 18.5 Å². The summed E-state index contributed by atoms with van der Waals surface area (Å²) in [5.74, 6) is 0.0215. The van der Waals surface area contributed by atoms with Gasteiger partial charge in [0.25, 0.3) is 0 Å². The fourth-order valence-electron chi connectivity index (χ4n) is 2.22. The average molecular weight is 238 g/mol. The van der Waals surface area contributed by atoms with Gasteiger partial charge >= 0.3 is 0 Å². The molecular weight excluding hydrogens is 219 g/mol. The van der Waals surface area contributed by atoms with Crippen molar-refractivity contribution in [2.75, 3.05) is 33.3 Å². The van der Waals surface area contributed by atoms with Crippen molar-refractivity contribution in [2.45, 2.75) is 13.0 Å². The van der Waals surface area contributed by atoms with E-state index in [1.54, 1.807) is 12.1 Å². The fraction of sp³-hybridized carbons (Fsp3) is 0.538. The minimum absolute atomic E-state index is 0.248. The van der Waals surface area contributed by atoms with Crippen molar-refractivity contribution >= 4 is 0 Å². The number of nitrogens with zero attached hydrogens (tertiary/aromatic N) is 1. The van der Waals surface area contributed by atoms with Crippen LogP contribution >= 0.6 is 0 Å². The number of benzene rings is 1. The summed E-state index contributed by atoms with van der Waals surface area (Å²) in [6.45, 7) is 6.14. The lowest BCUT2D eigenvalue weighted by atomic mass is 10.1. The van der Waals surface area contributed by atoms with Crippen molar-refractivity contribution in [1.29, 1.82) is 0 Å². The van der Waals surface area contributed by atoms with Crippen LogP contribution in [0.2, 0.25) is 0 Å². The lowest BCUT2D eigenvalue weighted by Gasteiger charge is -2.33. The van der Waals surface area contributed by atoms with Crippen LogP contribution in [0.4, 0.5) is 4.39 Å². The highest BCUT2D eigenvalue weighted by Gasteiger charge is 2.18. The maximum absolute atomic E-state index is 13.6. The predicted molar refractivity (Wildman–Crippen MR) is 65.8 cm³/mol. The van der Waals surface area contributed by atoms with Crippen LogP contribution in [-0.4, -0.2) is 38.2 Å². The molecule has 4 heteroatoms. The van der Waals surface area contributed by atoms with E-state index >= 15 is 0 Å². The lowest BCUT2D eigenvalue weighted by molar-refractivity contribution is 0.185. The fourth-order valence-corrected chi connectivity index (χ4v) is 2.22. The van der Waals surface area contributed by atoms with Crippen molar-refractivity contribution in [3.8, 4) is 5.75 Å². The predicted octanol–water partition coefficient (Wildman–Crippen LogP) is 1.80. The molecule has 0 amide bonds. The van der Waals surface area contributed by atoms with Gasteiger partial charge in [0.15, 0.2) is 11.6 Å². The third kappa shape index (κ3) is 2.76. The molecule has 1 aromatic rings. The van der Waals surface area contributed by atoms with E-state index in [1.807, 2.05) is 6.07 Å². The standard InChI is InChI=1S/C13H19FN2O/c1-10(16-7-5-15-6-8-16)11-3-4-13(17-2)12(14)9-11/h3-4,9-10,15H,5-8H2,1-2H3. The molecule has 1 fully saturated rings. The van der Waals surface area contributed by atoms with Gasteiger partial charge in [0, 0.05) is 32.2 Å². The second-order valence-electron chi connectivity index (χ2n) is 4.36. The van der Waals surface area contributed by atoms with Gasteiger partial charge in [-0.3, -0.25) is 4.90 Å². The van der Waals surface area contributed by atoms with Crippen LogP contribution in [-0.2, 0) is 0 Å². The molecule has 1 N–H and O–H groups in total. The Morgan fingerprint density at radius 3 is 2.65 bits per heavy atom. The van der Waals surface area contributed by atoms with Crippen molar-refractivity contribution < 1.29 is 9.13 Å². The number of rotatable bonds is 3. The smallest absolute Gasteiger partial charge is 0.165 e. The van der Waals surface area contributed by atoms with Crippen molar-refractivity contribution in [1.82, 2.24) is 10.2 Å². The highest BCUT2D eigenvalue weighted by atomic mass is 19.1. The van der Waals surface area contributed by atoms with E-state index in [9.17, 15) is 4.39 Å². The molecule has 3 nitrogen and oxygen atoms in total. The number of halogens is 1. The first-order valence-electron chi connectivity index (χ1n) is 6.00. The van der Waals surface area contributed by atoms with E-state index in [4.69, 9.17) is 4.74 Å². The van der Waals surface area contributed by atoms with Gasteiger partial charge in [0.05, 0.1) is 7.11 Å². The van der Waals surface area contributed by atoms with Gasteiger partial charge in [0.1, 0.15) is 0 Å². The van der Waals surface area contributed by atoms with E-state index < -0.39 is 0 Å². The van der Waals surface area contributed by atoms with E-state index in [0.717, 1.165) is 31.7 Å². The molecule has 1 unspecified atom stereocenters. The summed E-state index contributed by atoms with van der Waals surface area (Å²) in [5.41, 5.74) is 1.00. The van der Waals surface area contributed by atoms with Gasteiger partial charge in [-0.25, -0.2) is 4.39 Å². The molecule has 0 bridgehead atoms. The zero-order chi connectivity index (χ0) is 12.3. The number of methoxy groups -OCH3 is 1. The Balaban J connectivity index is 2.12. The average Bonchev–Trinajstić information content (AvgIpc) is 2.39. The lowest BCUT2D eigenvalue weighted by Crippen LogP contribution is -2.44. The summed E-state index contributed by atoms with van der Waals surface area (Å²) >= 11 is 0. The quantitative estimate of drug-likeness (QED) is 0.869. The number of hydrogen-bond donors (Lipinski definition) is 1. The Morgan fingerprint density at radius 1 is 1.35 bits per heavy atom. The molecule has 0 saturated carbocycles. The van der Waals surface area contributed by atoms with Gasteiger partial charge in [-0.05, 0) is 24.6 Å². The second kappa shape index (κ2) is 5.47. The summed E-state index contributed by atoms with van der Waals surface area (Å²) in [6.07, 6.45) is 0. The zero-order valence-corrected chi connectivity index (χ0v) is 10.4. The van der Waals surface area contributed by atoms with Gasteiger partial charge in [-0.2, -0.15) is 0 Å². The number of hydrogen-bond acceptors (Lipinski definition) is 3. The van der Waals surface area contributed by atoms with Crippen molar-refractivity contribution in [3.63, 3.8) is 0 Å². The maximum Gasteiger partial charge on any atom is 0.165 e.